The van der Waals surface area contributed by atoms with Gasteiger partial charge in [-0.3, -0.25) is 14.5 Å². The predicted molar refractivity (Wildman–Crippen MR) is 102 cm³/mol. The molecule has 2 saturated heterocycles. The Labute approximate surface area is 164 Å². The van der Waals surface area contributed by atoms with Crippen molar-refractivity contribution in [2.24, 2.45) is 5.92 Å². The third-order valence-electron chi connectivity index (χ3n) is 5.50. The molecular formula is C18H32N2O6S. The van der Waals surface area contributed by atoms with Crippen LogP contribution in [0.4, 0.5) is 0 Å². The van der Waals surface area contributed by atoms with E-state index in [9.17, 15) is 24.9 Å². The second-order valence-electron chi connectivity index (χ2n) is 7.63. The van der Waals surface area contributed by atoms with E-state index in [0.29, 0.717) is 5.92 Å². The number of aliphatic hydroxyl groups is 3. The smallest absolute Gasteiger partial charge is 0.237 e. The first kappa shape index (κ1) is 22.6. The Bertz CT molecular complexity index is 530. The van der Waals surface area contributed by atoms with Gasteiger partial charge < -0.3 is 25.4 Å². The van der Waals surface area contributed by atoms with Gasteiger partial charge in [-0.1, -0.05) is 13.3 Å². The number of nitrogens with one attached hydrogen (secondary N) is 1. The molecule has 4 N–H and O–H groups in total. The van der Waals surface area contributed by atoms with Gasteiger partial charge in [0.05, 0.1) is 18.2 Å². The minimum atomic E-state index is -1.61. The number of thioether (sulfide) groups is 1. The van der Waals surface area contributed by atoms with Crippen molar-refractivity contribution in [2.45, 2.75) is 75.0 Å². The topological polar surface area (TPSA) is 119 Å². The number of likely N-dealkylation sites (N-methyl/N-ethyl adjacent to an activating group) is 1. The Hall–Kier alpha value is -0.710. The first-order chi connectivity index (χ1) is 12.7. The second-order valence-corrected chi connectivity index (χ2v) is 8.53. The molecule has 0 unspecified atom stereocenters. The van der Waals surface area contributed by atoms with E-state index >= 15 is 0 Å². The molecule has 0 spiro atoms. The number of rotatable bonds is 7. The lowest BCUT2D eigenvalue weighted by atomic mass is 9.92. The zero-order valence-electron chi connectivity index (χ0n) is 16.4. The number of nitrogens with zero attached hydrogens (tertiary/aromatic N) is 1. The fourth-order valence-electron chi connectivity index (χ4n) is 4.01. The first-order valence-electron chi connectivity index (χ1n) is 9.48. The van der Waals surface area contributed by atoms with Crippen molar-refractivity contribution >= 4 is 23.5 Å². The molecule has 1 amide bonds. The third kappa shape index (κ3) is 5.02. The molecule has 2 fully saturated rings. The maximum atomic E-state index is 12.8. The minimum absolute atomic E-state index is 0.245. The van der Waals surface area contributed by atoms with Crippen LogP contribution in [0.5, 0.6) is 0 Å². The van der Waals surface area contributed by atoms with Crippen LogP contribution in [0.25, 0.3) is 0 Å². The van der Waals surface area contributed by atoms with E-state index in [1.54, 1.807) is 6.26 Å². The molecule has 0 aliphatic carbocycles. The molecule has 2 aliphatic rings. The molecule has 0 aromatic rings. The maximum Gasteiger partial charge on any atom is 0.237 e. The van der Waals surface area contributed by atoms with Gasteiger partial charge in [-0.05, 0) is 39.0 Å². The Morgan fingerprint density at radius 2 is 2.11 bits per heavy atom. The van der Waals surface area contributed by atoms with Crippen molar-refractivity contribution in [2.75, 3.05) is 19.8 Å². The molecule has 0 bridgehead atoms. The average molecular weight is 405 g/mol. The van der Waals surface area contributed by atoms with Crippen LogP contribution in [0.1, 0.15) is 33.1 Å². The molecular weight excluding hydrogens is 372 g/mol. The van der Waals surface area contributed by atoms with Gasteiger partial charge in [-0.15, -0.1) is 11.8 Å². The number of hydrogen-bond acceptors (Lipinski definition) is 8. The lowest BCUT2D eigenvalue weighted by molar-refractivity contribution is -0.179. The minimum Gasteiger partial charge on any atom is -0.391 e. The van der Waals surface area contributed by atoms with Crippen LogP contribution in [0.3, 0.4) is 0 Å². The molecule has 2 rings (SSSR count). The standard InChI is InChI=1S/C18H32N2O6S/c1-5-6-10-7-11(20(3)8-10)17(25)19-12(9(2)21)16-14(23)13(22)15(24)18(26-16)27-4/h9-14,16,18,21-23H,5-8H2,1-4H3,(H,19,25)/t9-,10-,11+,12-,13+,14-,16-,18-/m1/s1. The highest BCUT2D eigenvalue weighted by molar-refractivity contribution is 7.99. The number of likely N-dealkylation sites (tertiary alicyclic amines) is 1. The van der Waals surface area contributed by atoms with Crippen LogP contribution in [-0.2, 0) is 14.3 Å². The predicted octanol–water partition coefficient (Wildman–Crippen LogP) is -0.649. The molecule has 0 radical (unpaired) electrons. The molecule has 2 aliphatic heterocycles. The number of carbonyl (C=O) groups excluding carboxylic acids is 2. The maximum absolute atomic E-state index is 12.8. The van der Waals surface area contributed by atoms with Gasteiger partial charge in [-0.2, -0.15) is 0 Å². The number of amides is 1. The first-order valence-corrected chi connectivity index (χ1v) is 10.8. The van der Waals surface area contributed by atoms with Crippen LogP contribution in [0.2, 0.25) is 0 Å². The fourth-order valence-corrected chi connectivity index (χ4v) is 4.62. The van der Waals surface area contributed by atoms with Gasteiger partial charge in [0.15, 0.2) is 5.44 Å². The summed E-state index contributed by atoms with van der Waals surface area (Å²) in [7, 11) is 1.90. The second kappa shape index (κ2) is 9.67. The summed E-state index contributed by atoms with van der Waals surface area (Å²) in [6.07, 6.45) is -0.730. The van der Waals surface area contributed by atoms with E-state index in [4.69, 9.17) is 4.74 Å². The number of ether oxygens (including phenoxy) is 1. The summed E-state index contributed by atoms with van der Waals surface area (Å²) < 4.78 is 5.62. The van der Waals surface area contributed by atoms with Crippen molar-refractivity contribution in [3.05, 3.63) is 0 Å². The zero-order valence-corrected chi connectivity index (χ0v) is 17.2. The molecule has 8 atom stereocenters. The molecule has 156 valence electrons. The summed E-state index contributed by atoms with van der Waals surface area (Å²) >= 11 is 1.10. The summed E-state index contributed by atoms with van der Waals surface area (Å²) in [4.78, 5) is 26.8. The van der Waals surface area contributed by atoms with Gasteiger partial charge in [0.25, 0.3) is 0 Å². The number of Topliss-reactive ketones (excluding diaryl/α,β-unsaturated/α-hetero) is 1. The highest BCUT2D eigenvalue weighted by atomic mass is 32.2. The van der Waals surface area contributed by atoms with Gasteiger partial charge in [-0.25, -0.2) is 0 Å². The SMILES string of the molecule is CCC[C@@H]1C[C@@H](C(=O)N[C@@H]([C@H]2O[C@H](SC)C(=O)[C@@H](O)[C@H]2O)[C@@H](C)O)N(C)C1. The van der Waals surface area contributed by atoms with E-state index in [1.807, 2.05) is 11.9 Å². The Morgan fingerprint density at radius 1 is 1.44 bits per heavy atom. The normalized spacial score (nSPS) is 37.2. The fraction of sp³-hybridized carbons (Fsp3) is 0.889. The summed E-state index contributed by atoms with van der Waals surface area (Å²) in [6.45, 7) is 4.44. The summed E-state index contributed by atoms with van der Waals surface area (Å²) in [5.41, 5.74) is -0.949. The van der Waals surface area contributed by atoms with Crippen molar-refractivity contribution < 1.29 is 29.6 Å². The van der Waals surface area contributed by atoms with Gasteiger partial charge in [0.1, 0.15) is 18.3 Å². The highest BCUT2D eigenvalue weighted by Crippen LogP contribution is 2.28. The monoisotopic (exact) mass is 404 g/mol. The average Bonchev–Trinajstić information content (AvgIpc) is 2.99. The number of ketones is 1. The van der Waals surface area contributed by atoms with Gasteiger partial charge in [0.2, 0.25) is 11.7 Å². The van der Waals surface area contributed by atoms with E-state index in [1.165, 1.54) is 6.92 Å². The van der Waals surface area contributed by atoms with E-state index in [0.717, 1.165) is 37.6 Å². The van der Waals surface area contributed by atoms with Crippen LogP contribution in [0, 0.1) is 5.92 Å². The molecule has 27 heavy (non-hydrogen) atoms. The Balaban J connectivity index is 2.11. The Kier molecular flexibility index (Phi) is 8.08. The van der Waals surface area contributed by atoms with Crippen molar-refractivity contribution in [3.8, 4) is 0 Å². The number of carbonyl (C=O) groups is 2. The van der Waals surface area contributed by atoms with Gasteiger partial charge in [0, 0.05) is 6.54 Å². The van der Waals surface area contributed by atoms with E-state index in [-0.39, 0.29) is 11.9 Å². The third-order valence-corrected chi connectivity index (χ3v) is 6.27. The zero-order chi connectivity index (χ0) is 20.3. The van der Waals surface area contributed by atoms with Crippen molar-refractivity contribution in [3.63, 3.8) is 0 Å². The van der Waals surface area contributed by atoms with Crippen LogP contribution in [0.15, 0.2) is 0 Å². The molecule has 0 aromatic heterocycles. The molecule has 8 nitrogen and oxygen atoms in total. The van der Waals surface area contributed by atoms with Crippen molar-refractivity contribution in [1.29, 1.82) is 0 Å². The van der Waals surface area contributed by atoms with Crippen molar-refractivity contribution in [1.82, 2.24) is 10.2 Å². The largest absolute Gasteiger partial charge is 0.391 e. The summed E-state index contributed by atoms with van der Waals surface area (Å²) in [6, 6.07) is -1.25. The summed E-state index contributed by atoms with van der Waals surface area (Å²) in [5, 5.41) is 33.3. The quantitative estimate of drug-likeness (QED) is 0.442. The van der Waals surface area contributed by atoms with Crippen LogP contribution >= 0.6 is 11.8 Å². The number of aliphatic hydroxyl groups excluding tert-OH is 3. The van der Waals surface area contributed by atoms with Gasteiger partial charge >= 0.3 is 0 Å². The van der Waals surface area contributed by atoms with Crippen LogP contribution in [-0.4, -0.2) is 93.7 Å². The van der Waals surface area contributed by atoms with E-state index < -0.39 is 41.7 Å². The Morgan fingerprint density at radius 3 is 2.67 bits per heavy atom. The molecule has 2 heterocycles. The lowest BCUT2D eigenvalue weighted by Crippen LogP contribution is -2.64. The molecule has 0 aromatic carbocycles. The van der Waals surface area contributed by atoms with Crippen LogP contribution < -0.4 is 5.32 Å². The molecule has 0 saturated carbocycles. The lowest BCUT2D eigenvalue weighted by Gasteiger charge is -2.41. The highest BCUT2D eigenvalue weighted by Gasteiger charge is 2.48. The van der Waals surface area contributed by atoms with E-state index in [2.05, 4.69) is 12.2 Å². The number of hydrogen-bond donors (Lipinski definition) is 4. The molecule has 9 heteroatoms. The summed E-state index contributed by atoms with van der Waals surface area (Å²) in [5.74, 6) is -0.401.